The van der Waals surface area contributed by atoms with Gasteiger partial charge >= 0.3 is 6.18 Å². The number of hydrogen-bond donors (Lipinski definition) is 2. The molecule has 2 rings (SSSR count). The van der Waals surface area contributed by atoms with Crippen molar-refractivity contribution >= 4 is 5.96 Å². The van der Waals surface area contributed by atoms with Gasteiger partial charge in [-0.25, -0.2) is 0 Å². The van der Waals surface area contributed by atoms with Crippen molar-refractivity contribution in [2.75, 3.05) is 46.5 Å². The maximum Gasteiger partial charge on any atom is 0.411 e. The molecule has 2 N–H and O–H groups in total. The van der Waals surface area contributed by atoms with Crippen molar-refractivity contribution in [2.45, 2.75) is 38.7 Å². The third-order valence-corrected chi connectivity index (χ3v) is 4.80. The second kappa shape index (κ2) is 10.8. The fourth-order valence-corrected chi connectivity index (χ4v) is 3.02. The predicted molar refractivity (Wildman–Crippen MR) is 107 cm³/mol. The van der Waals surface area contributed by atoms with Crippen LogP contribution in [0.3, 0.4) is 0 Å². The van der Waals surface area contributed by atoms with Crippen LogP contribution < -0.4 is 10.6 Å². The Balaban J connectivity index is 1.75. The molecule has 164 valence electrons. The highest BCUT2D eigenvalue weighted by Crippen LogP contribution is 2.16. The summed E-state index contributed by atoms with van der Waals surface area (Å²) < 4.78 is 46.4. The Morgan fingerprint density at radius 1 is 1.10 bits per heavy atom. The fraction of sp³-hybridized carbons (Fsp3) is 0.650. The monoisotopic (exact) mass is 416 g/mol. The number of hydrogen-bond acceptors (Lipinski definition) is 4. The summed E-state index contributed by atoms with van der Waals surface area (Å²) in [6, 6.07) is 7.27. The molecule has 0 bridgehead atoms. The van der Waals surface area contributed by atoms with E-state index in [4.69, 9.17) is 4.74 Å². The van der Waals surface area contributed by atoms with Crippen molar-refractivity contribution < 1.29 is 22.6 Å². The SMILES string of the molecule is CN=C(NCc1ccc(COCC(F)(F)F)cc1)NCC(C)(C)N1CCOCC1. The lowest BCUT2D eigenvalue weighted by Crippen LogP contribution is -2.56. The third kappa shape index (κ3) is 8.59. The Hall–Kier alpha value is -1.84. The zero-order valence-corrected chi connectivity index (χ0v) is 17.3. The van der Waals surface area contributed by atoms with Gasteiger partial charge in [0.1, 0.15) is 6.61 Å². The second-order valence-electron chi connectivity index (χ2n) is 7.62. The van der Waals surface area contributed by atoms with Crippen LogP contribution in [0.25, 0.3) is 0 Å². The number of nitrogens with one attached hydrogen (secondary N) is 2. The summed E-state index contributed by atoms with van der Waals surface area (Å²) in [7, 11) is 1.72. The molecule has 1 heterocycles. The quantitative estimate of drug-likeness (QED) is 0.504. The van der Waals surface area contributed by atoms with Crippen LogP contribution in [0.4, 0.5) is 13.2 Å². The number of benzene rings is 1. The van der Waals surface area contributed by atoms with Gasteiger partial charge in [0, 0.05) is 38.8 Å². The third-order valence-electron chi connectivity index (χ3n) is 4.80. The smallest absolute Gasteiger partial charge is 0.379 e. The fourth-order valence-electron chi connectivity index (χ4n) is 3.02. The normalized spacial score (nSPS) is 16.7. The molecular weight excluding hydrogens is 385 g/mol. The van der Waals surface area contributed by atoms with Crippen molar-refractivity contribution in [3.05, 3.63) is 35.4 Å². The first kappa shape index (κ1) is 23.4. The van der Waals surface area contributed by atoms with Crippen molar-refractivity contribution in [1.82, 2.24) is 15.5 Å². The lowest BCUT2D eigenvalue weighted by Gasteiger charge is -2.41. The lowest BCUT2D eigenvalue weighted by molar-refractivity contribution is -0.176. The maximum absolute atomic E-state index is 12.1. The van der Waals surface area contributed by atoms with Crippen LogP contribution in [0.1, 0.15) is 25.0 Å². The van der Waals surface area contributed by atoms with Crippen molar-refractivity contribution in [3.8, 4) is 0 Å². The number of halogens is 3. The molecule has 1 aliphatic heterocycles. The molecule has 0 radical (unpaired) electrons. The van der Waals surface area contributed by atoms with Crippen LogP contribution >= 0.6 is 0 Å². The van der Waals surface area contributed by atoms with Gasteiger partial charge in [0.05, 0.1) is 19.8 Å². The highest BCUT2D eigenvalue weighted by Gasteiger charge is 2.28. The van der Waals surface area contributed by atoms with Crippen LogP contribution in [-0.2, 0) is 22.6 Å². The molecule has 9 heteroatoms. The molecular formula is C20H31F3N4O2. The van der Waals surface area contributed by atoms with E-state index in [-0.39, 0.29) is 12.1 Å². The Morgan fingerprint density at radius 2 is 1.72 bits per heavy atom. The summed E-state index contributed by atoms with van der Waals surface area (Å²) in [5.74, 6) is 0.698. The van der Waals surface area contributed by atoms with E-state index in [1.165, 1.54) is 0 Å². The van der Waals surface area contributed by atoms with Crippen LogP contribution in [0.5, 0.6) is 0 Å². The minimum absolute atomic E-state index is 0.0283. The van der Waals surface area contributed by atoms with Crippen molar-refractivity contribution in [1.29, 1.82) is 0 Å². The molecule has 0 unspecified atom stereocenters. The van der Waals surface area contributed by atoms with Gasteiger partial charge in [0.15, 0.2) is 5.96 Å². The van der Waals surface area contributed by atoms with Gasteiger partial charge in [-0.05, 0) is 25.0 Å². The Morgan fingerprint density at radius 3 is 2.31 bits per heavy atom. The first-order valence-corrected chi connectivity index (χ1v) is 9.69. The molecule has 0 atom stereocenters. The van der Waals surface area contributed by atoms with E-state index < -0.39 is 12.8 Å². The maximum atomic E-state index is 12.1. The highest BCUT2D eigenvalue weighted by atomic mass is 19.4. The molecule has 6 nitrogen and oxygen atoms in total. The van der Waals surface area contributed by atoms with Crippen molar-refractivity contribution in [2.24, 2.45) is 4.99 Å². The molecule has 0 spiro atoms. The molecule has 1 saturated heterocycles. The van der Waals surface area contributed by atoms with Crippen LogP contribution in [-0.4, -0.2) is 69.1 Å². The first-order valence-electron chi connectivity index (χ1n) is 9.69. The topological polar surface area (TPSA) is 58.1 Å². The number of morpholine rings is 1. The standard InChI is InChI=1S/C20H31F3N4O2/c1-19(2,27-8-10-28-11-9-27)14-26-18(24-3)25-12-16-4-6-17(7-5-16)13-29-15-20(21,22)23/h4-7H,8-15H2,1-3H3,(H2,24,25,26). The Labute approximate surface area is 170 Å². The zero-order chi connectivity index (χ0) is 21.3. The summed E-state index contributed by atoms with van der Waals surface area (Å²) in [6.45, 7) is 7.73. The summed E-state index contributed by atoms with van der Waals surface area (Å²) in [6.07, 6.45) is -4.30. The van der Waals surface area contributed by atoms with Gasteiger partial charge in [-0.1, -0.05) is 24.3 Å². The molecule has 1 fully saturated rings. The predicted octanol–water partition coefficient (Wildman–Crippen LogP) is 2.54. The highest BCUT2D eigenvalue weighted by molar-refractivity contribution is 5.79. The van der Waals surface area contributed by atoms with Crippen LogP contribution in [0.15, 0.2) is 29.3 Å². The summed E-state index contributed by atoms with van der Waals surface area (Å²) in [5.41, 5.74) is 1.67. The minimum atomic E-state index is -4.30. The Kier molecular flexibility index (Phi) is 8.73. The molecule has 0 amide bonds. The van der Waals surface area contributed by atoms with Crippen molar-refractivity contribution in [3.63, 3.8) is 0 Å². The van der Waals surface area contributed by atoms with E-state index in [1.807, 2.05) is 12.1 Å². The average Bonchev–Trinajstić information content (AvgIpc) is 2.69. The van der Waals surface area contributed by atoms with E-state index in [2.05, 4.69) is 39.1 Å². The number of rotatable bonds is 8. The molecule has 0 aromatic heterocycles. The van der Waals surface area contributed by atoms with Gasteiger partial charge in [0.25, 0.3) is 0 Å². The number of alkyl halides is 3. The molecule has 0 aliphatic carbocycles. The summed E-state index contributed by atoms with van der Waals surface area (Å²) >= 11 is 0. The lowest BCUT2D eigenvalue weighted by atomic mass is 10.0. The molecule has 0 saturated carbocycles. The number of nitrogens with zero attached hydrogens (tertiary/aromatic N) is 2. The van der Waals surface area contributed by atoms with Crippen LogP contribution in [0.2, 0.25) is 0 Å². The van der Waals surface area contributed by atoms with E-state index in [9.17, 15) is 13.2 Å². The van der Waals surface area contributed by atoms with Gasteiger partial charge in [-0.2, -0.15) is 13.2 Å². The van der Waals surface area contributed by atoms with Gasteiger partial charge in [-0.15, -0.1) is 0 Å². The van der Waals surface area contributed by atoms with Gasteiger partial charge in [0.2, 0.25) is 0 Å². The molecule has 29 heavy (non-hydrogen) atoms. The minimum Gasteiger partial charge on any atom is -0.379 e. The van der Waals surface area contributed by atoms with Crippen LogP contribution in [0, 0.1) is 0 Å². The van der Waals surface area contributed by atoms with Gasteiger partial charge in [-0.3, -0.25) is 9.89 Å². The molecule has 1 aliphatic rings. The van der Waals surface area contributed by atoms with E-state index >= 15 is 0 Å². The van der Waals surface area contributed by atoms with E-state index in [0.29, 0.717) is 18.1 Å². The average molecular weight is 416 g/mol. The van der Waals surface area contributed by atoms with Gasteiger partial charge < -0.3 is 20.1 Å². The number of ether oxygens (including phenoxy) is 2. The largest absolute Gasteiger partial charge is 0.411 e. The number of aliphatic imine (C=N–C) groups is 1. The van der Waals surface area contributed by atoms with E-state index in [0.717, 1.165) is 38.4 Å². The van der Waals surface area contributed by atoms with E-state index in [1.54, 1.807) is 19.2 Å². The summed E-state index contributed by atoms with van der Waals surface area (Å²) in [5, 5.41) is 6.62. The second-order valence-corrected chi connectivity index (χ2v) is 7.62. The number of guanidine groups is 1. The molecule has 1 aromatic carbocycles. The molecule has 1 aromatic rings. The Bertz CT molecular complexity index is 642. The summed E-state index contributed by atoms with van der Waals surface area (Å²) in [4.78, 5) is 6.66. The zero-order valence-electron chi connectivity index (χ0n) is 17.3. The first-order chi connectivity index (χ1) is 13.7.